The number of aryl methyl sites for hydroxylation is 2. The molecule has 178 valence electrons. The molecule has 0 atom stereocenters. The van der Waals surface area contributed by atoms with Gasteiger partial charge in [0.15, 0.2) is 0 Å². The summed E-state index contributed by atoms with van der Waals surface area (Å²) in [5.41, 5.74) is 2.97. The maximum Gasteiger partial charge on any atom is 0.0191 e. The van der Waals surface area contributed by atoms with Crippen molar-refractivity contribution < 1.29 is 0 Å². The molecule has 0 N–H and O–H groups in total. The van der Waals surface area contributed by atoms with Crippen LogP contribution in [0.25, 0.3) is 0 Å². The van der Waals surface area contributed by atoms with E-state index in [4.69, 9.17) is 0 Å². The monoisotopic (exact) mass is 506 g/mol. The highest BCUT2D eigenvalue weighted by molar-refractivity contribution is 9.26. The van der Waals surface area contributed by atoms with Gasteiger partial charge in [0.05, 0.1) is 0 Å². The predicted molar refractivity (Wildman–Crippen MR) is 154 cm³/mol. The molecular weight excluding hydrogens is 465 g/mol. The van der Waals surface area contributed by atoms with Gasteiger partial charge in [-0.3, -0.25) is 0 Å². The van der Waals surface area contributed by atoms with Gasteiger partial charge in [-0.2, -0.15) is 0 Å². The SMILES string of the molecule is CCCCCCCCc1ccc(SSSSc2ccc(CCCCCCCC)cc2)cc1. The Morgan fingerprint density at radius 3 is 1.16 bits per heavy atom. The van der Waals surface area contributed by atoms with Crippen LogP contribution in [0.5, 0.6) is 0 Å². The highest BCUT2D eigenvalue weighted by Crippen LogP contribution is 2.49. The summed E-state index contributed by atoms with van der Waals surface area (Å²) in [6, 6.07) is 18.4. The van der Waals surface area contributed by atoms with Crippen LogP contribution in [0.4, 0.5) is 0 Å². The molecule has 4 heteroatoms. The van der Waals surface area contributed by atoms with Crippen molar-refractivity contribution in [2.24, 2.45) is 0 Å². The van der Waals surface area contributed by atoms with Crippen LogP contribution in [0.3, 0.4) is 0 Å². The largest absolute Gasteiger partial charge is 0.0654 e. The summed E-state index contributed by atoms with van der Waals surface area (Å²) in [6.45, 7) is 4.56. The van der Waals surface area contributed by atoms with E-state index in [0.29, 0.717) is 0 Å². The number of hydrogen-bond acceptors (Lipinski definition) is 4. The minimum Gasteiger partial charge on any atom is -0.0654 e. The Morgan fingerprint density at radius 1 is 0.438 bits per heavy atom. The minimum absolute atomic E-state index is 1.23. The van der Waals surface area contributed by atoms with Gasteiger partial charge >= 0.3 is 0 Å². The molecule has 0 saturated carbocycles. The van der Waals surface area contributed by atoms with Crippen molar-refractivity contribution in [3.8, 4) is 0 Å². The van der Waals surface area contributed by atoms with Crippen molar-refractivity contribution in [2.45, 2.75) is 114 Å². The maximum atomic E-state index is 2.31. The van der Waals surface area contributed by atoms with E-state index < -0.39 is 0 Å². The van der Waals surface area contributed by atoms with Crippen molar-refractivity contribution in [2.75, 3.05) is 0 Å². The van der Waals surface area contributed by atoms with E-state index in [1.165, 1.54) is 111 Å². The van der Waals surface area contributed by atoms with Gasteiger partial charge in [-0.1, -0.05) is 102 Å². The second-order valence-electron chi connectivity index (χ2n) is 8.63. The molecule has 2 rings (SSSR count). The summed E-state index contributed by atoms with van der Waals surface area (Å²) in [4.78, 5) is 2.70. The summed E-state index contributed by atoms with van der Waals surface area (Å²) >= 11 is 0. The quantitative estimate of drug-likeness (QED) is 0.137. The summed E-state index contributed by atoms with van der Waals surface area (Å²) < 4.78 is 0. The second-order valence-corrected chi connectivity index (χ2v) is 14.4. The summed E-state index contributed by atoms with van der Waals surface area (Å²) in [5, 5.41) is 0. The first-order valence-electron chi connectivity index (χ1n) is 12.7. The lowest BCUT2D eigenvalue weighted by molar-refractivity contribution is 0.607. The zero-order valence-corrected chi connectivity index (χ0v) is 23.4. The third kappa shape index (κ3) is 13.5. The fourth-order valence-corrected chi connectivity index (χ4v) is 9.17. The van der Waals surface area contributed by atoms with Crippen LogP contribution in [-0.2, 0) is 12.8 Å². The fourth-order valence-electron chi connectivity index (χ4n) is 3.75. The van der Waals surface area contributed by atoms with Crippen LogP contribution in [0, 0.1) is 0 Å². The zero-order chi connectivity index (χ0) is 22.7. The van der Waals surface area contributed by atoms with E-state index >= 15 is 0 Å². The number of unbranched alkanes of at least 4 members (excludes halogenated alkanes) is 10. The van der Waals surface area contributed by atoms with Crippen molar-refractivity contribution in [1.82, 2.24) is 0 Å². The summed E-state index contributed by atoms with van der Waals surface area (Å²) in [7, 11) is 7.45. The molecule has 0 heterocycles. The average molecular weight is 507 g/mol. The highest BCUT2D eigenvalue weighted by atomic mass is 33.7. The molecule has 0 aliphatic rings. The molecule has 0 radical (unpaired) electrons. The van der Waals surface area contributed by atoms with Crippen molar-refractivity contribution in [1.29, 1.82) is 0 Å². The van der Waals surface area contributed by atoms with E-state index in [2.05, 4.69) is 62.4 Å². The molecule has 0 fully saturated rings. The van der Waals surface area contributed by atoms with E-state index in [-0.39, 0.29) is 0 Å². The molecule has 0 nitrogen and oxygen atoms in total. The summed E-state index contributed by atoms with van der Waals surface area (Å²) in [5.74, 6) is 0. The lowest BCUT2D eigenvalue weighted by Crippen LogP contribution is -1.86. The van der Waals surface area contributed by atoms with Crippen LogP contribution in [-0.4, -0.2) is 0 Å². The summed E-state index contributed by atoms with van der Waals surface area (Å²) in [6.07, 6.45) is 18.9. The van der Waals surface area contributed by atoms with Gasteiger partial charge in [-0.15, -0.1) is 0 Å². The van der Waals surface area contributed by atoms with Crippen LogP contribution in [0.15, 0.2) is 58.3 Å². The average Bonchev–Trinajstić information content (AvgIpc) is 2.83. The molecule has 0 amide bonds. The Morgan fingerprint density at radius 2 is 0.781 bits per heavy atom. The first-order valence-corrected chi connectivity index (χ1v) is 17.5. The highest BCUT2D eigenvalue weighted by Gasteiger charge is 2.01. The Balaban J connectivity index is 1.54. The van der Waals surface area contributed by atoms with Gasteiger partial charge in [0.1, 0.15) is 0 Å². The minimum atomic E-state index is 1.23. The first kappa shape index (κ1) is 28.1. The molecule has 0 spiro atoms. The van der Waals surface area contributed by atoms with Gasteiger partial charge in [0, 0.05) is 9.79 Å². The van der Waals surface area contributed by atoms with Crippen LogP contribution in [0.1, 0.15) is 102 Å². The number of benzene rings is 2. The van der Waals surface area contributed by atoms with Gasteiger partial charge < -0.3 is 0 Å². The molecule has 0 unspecified atom stereocenters. The number of rotatable bonds is 19. The Labute approximate surface area is 213 Å². The second kappa shape index (κ2) is 19.2. The van der Waals surface area contributed by atoms with Crippen LogP contribution < -0.4 is 0 Å². The fraction of sp³-hybridized carbons (Fsp3) is 0.571. The van der Waals surface area contributed by atoms with Gasteiger partial charge in [-0.05, 0) is 102 Å². The third-order valence-electron chi connectivity index (χ3n) is 5.77. The van der Waals surface area contributed by atoms with E-state index in [9.17, 15) is 0 Å². The van der Waals surface area contributed by atoms with Gasteiger partial charge in [0.25, 0.3) is 0 Å². The molecule has 0 saturated heterocycles. The maximum absolute atomic E-state index is 2.31. The molecule has 0 aliphatic carbocycles. The molecule has 0 bridgehead atoms. The van der Waals surface area contributed by atoms with Crippen molar-refractivity contribution >= 4 is 41.2 Å². The van der Waals surface area contributed by atoms with Gasteiger partial charge in [-0.25, -0.2) is 0 Å². The van der Waals surface area contributed by atoms with Crippen molar-refractivity contribution in [3.05, 3.63) is 59.7 Å². The lowest BCUT2D eigenvalue weighted by atomic mass is 10.1. The Hall–Kier alpha value is -0.160. The van der Waals surface area contributed by atoms with Crippen LogP contribution in [0.2, 0.25) is 0 Å². The molecule has 2 aromatic carbocycles. The predicted octanol–water partition coefficient (Wildman–Crippen LogP) is 11.6. The smallest absolute Gasteiger partial charge is 0.0191 e. The molecule has 2 aromatic rings. The van der Waals surface area contributed by atoms with Gasteiger partial charge in [0.2, 0.25) is 0 Å². The van der Waals surface area contributed by atoms with E-state index in [1.54, 1.807) is 0 Å². The molecule has 32 heavy (non-hydrogen) atoms. The Bertz CT molecular complexity index is 620. The lowest BCUT2D eigenvalue weighted by Gasteiger charge is -2.05. The normalized spacial score (nSPS) is 11.2. The zero-order valence-electron chi connectivity index (χ0n) is 20.2. The van der Waals surface area contributed by atoms with Crippen LogP contribution >= 0.6 is 41.2 Å². The molecule has 0 aromatic heterocycles. The third-order valence-corrected chi connectivity index (χ3v) is 11.8. The van der Waals surface area contributed by atoms with E-state index in [0.717, 1.165) is 0 Å². The van der Waals surface area contributed by atoms with E-state index in [1.807, 2.05) is 41.2 Å². The van der Waals surface area contributed by atoms with Crippen molar-refractivity contribution in [3.63, 3.8) is 0 Å². The number of hydrogen-bond donors (Lipinski definition) is 0. The first-order chi connectivity index (χ1) is 15.8. The molecular formula is C28H42S4. The molecule has 0 aliphatic heterocycles. The standard InChI is InChI=1S/C28H42S4/c1-3-5-7-9-11-13-15-25-17-21-27(22-18-25)29-31-32-30-28-23-19-26(20-24-28)16-14-12-10-8-6-4-2/h17-24H,3-16H2,1-2H3. The topological polar surface area (TPSA) is 0 Å². The Kier molecular flexibility index (Phi) is 16.8.